The minimum Gasteiger partial charge on any atom is -0.508 e. The van der Waals surface area contributed by atoms with Crippen LogP contribution in [0.5, 0.6) is 5.75 Å². The van der Waals surface area contributed by atoms with E-state index in [9.17, 15) is 9.67 Å². The van der Waals surface area contributed by atoms with Crippen molar-refractivity contribution >= 4 is 13.7 Å². The molecule has 0 atom stereocenters. The van der Waals surface area contributed by atoms with E-state index in [1.165, 1.54) is 0 Å². The van der Waals surface area contributed by atoms with Gasteiger partial charge in [-0.25, -0.2) is 0 Å². The summed E-state index contributed by atoms with van der Waals surface area (Å²) in [6.07, 6.45) is 3.75. The van der Waals surface area contributed by atoms with E-state index >= 15 is 0 Å². The zero-order chi connectivity index (χ0) is 13.4. The van der Waals surface area contributed by atoms with E-state index in [0.717, 1.165) is 5.56 Å². The Labute approximate surface area is 108 Å². The van der Waals surface area contributed by atoms with E-state index in [1.54, 1.807) is 44.2 Å². The van der Waals surface area contributed by atoms with Crippen LogP contribution in [0.2, 0.25) is 0 Å². The van der Waals surface area contributed by atoms with Crippen LogP contribution in [0.25, 0.3) is 6.08 Å². The number of hydrogen-bond acceptors (Lipinski definition) is 4. The maximum atomic E-state index is 12.1. The van der Waals surface area contributed by atoms with Gasteiger partial charge in [-0.1, -0.05) is 24.3 Å². The molecule has 4 nitrogen and oxygen atoms in total. The van der Waals surface area contributed by atoms with Crippen LogP contribution < -0.4 is 0 Å². The molecule has 5 heteroatoms. The van der Waals surface area contributed by atoms with Gasteiger partial charge in [-0.05, 0) is 31.5 Å². The molecule has 0 unspecified atom stereocenters. The summed E-state index contributed by atoms with van der Waals surface area (Å²) in [5.74, 6) is 0.204. The van der Waals surface area contributed by atoms with Crippen molar-refractivity contribution in [1.82, 2.24) is 0 Å². The van der Waals surface area contributed by atoms with E-state index in [-0.39, 0.29) is 11.9 Å². The number of rotatable bonds is 7. The smallest absolute Gasteiger partial charge is 0.334 e. The van der Waals surface area contributed by atoms with Crippen molar-refractivity contribution in [2.75, 3.05) is 19.4 Å². The van der Waals surface area contributed by atoms with Crippen LogP contribution in [0.15, 0.2) is 30.3 Å². The van der Waals surface area contributed by atoms with Gasteiger partial charge in [-0.15, -0.1) is 0 Å². The molecule has 0 bridgehead atoms. The minimum atomic E-state index is -3.02. The van der Waals surface area contributed by atoms with Gasteiger partial charge in [-0.3, -0.25) is 4.57 Å². The zero-order valence-corrected chi connectivity index (χ0v) is 11.6. The van der Waals surface area contributed by atoms with Gasteiger partial charge in [0.2, 0.25) is 0 Å². The number of aromatic hydroxyl groups is 1. The summed E-state index contributed by atoms with van der Waals surface area (Å²) in [7, 11) is -3.02. The predicted octanol–water partition coefficient (Wildman–Crippen LogP) is 3.67. The highest BCUT2D eigenvalue weighted by molar-refractivity contribution is 7.54. The molecule has 100 valence electrons. The van der Waals surface area contributed by atoms with Crippen LogP contribution >= 0.6 is 7.60 Å². The number of phenolic OH excluding ortho intramolecular Hbond substituents is 1. The van der Waals surface area contributed by atoms with E-state index in [0.29, 0.717) is 13.2 Å². The second-order valence-electron chi connectivity index (χ2n) is 3.63. The Balaban J connectivity index is 2.64. The minimum absolute atomic E-state index is 0.204. The van der Waals surface area contributed by atoms with Crippen LogP contribution in [-0.4, -0.2) is 24.5 Å². The van der Waals surface area contributed by atoms with Crippen molar-refractivity contribution in [3.63, 3.8) is 0 Å². The largest absolute Gasteiger partial charge is 0.508 e. The Morgan fingerprint density at radius 3 is 2.50 bits per heavy atom. The molecule has 0 aliphatic carbocycles. The molecule has 0 fully saturated rings. The fraction of sp³-hybridized carbons (Fsp3) is 0.385. The first kappa shape index (κ1) is 15.0. The monoisotopic (exact) mass is 270 g/mol. The quantitative estimate of drug-likeness (QED) is 0.768. The summed E-state index contributed by atoms with van der Waals surface area (Å²) in [6, 6.07) is 6.83. The molecular formula is C13H19O4P. The van der Waals surface area contributed by atoms with E-state index in [1.807, 2.05) is 6.07 Å². The lowest BCUT2D eigenvalue weighted by Crippen LogP contribution is -1.98. The Morgan fingerprint density at radius 2 is 1.94 bits per heavy atom. The molecule has 0 saturated carbocycles. The molecule has 0 aliphatic heterocycles. The summed E-state index contributed by atoms with van der Waals surface area (Å²) in [5.41, 5.74) is 0.842. The summed E-state index contributed by atoms with van der Waals surface area (Å²) in [4.78, 5) is 0. The van der Waals surface area contributed by atoms with E-state index in [2.05, 4.69) is 0 Å². The second kappa shape index (κ2) is 7.37. The van der Waals surface area contributed by atoms with Crippen LogP contribution in [-0.2, 0) is 13.6 Å². The van der Waals surface area contributed by atoms with E-state index < -0.39 is 7.60 Å². The first-order valence-corrected chi connectivity index (χ1v) is 7.66. The average Bonchev–Trinajstić information content (AvgIpc) is 2.29. The second-order valence-corrected chi connectivity index (χ2v) is 5.73. The number of allylic oxidation sites excluding steroid dienone is 1. The molecule has 0 aromatic heterocycles. The fourth-order valence-corrected chi connectivity index (χ4v) is 2.92. The van der Waals surface area contributed by atoms with Crippen molar-refractivity contribution in [2.24, 2.45) is 0 Å². The zero-order valence-electron chi connectivity index (χ0n) is 10.7. The van der Waals surface area contributed by atoms with Gasteiger partial charge in [-0.2, -0.15) is 0 Å². The third-order valence-electron chi connectivity index (χ3n) is 2.16. The highest BCUT2D eigenvalue weighted by Gasteiger charge is 2.20. The molecule has 1 N–H and O–H groups in total. The lowest BCUT2D eigenvalue weighted by Gasteiger charge is -2.14. The number of hydrogen-bond donors (Lipinski definition) is 1. The van der Waals surface area contributed by atoms with Crippen LogP contribution in [0.4, 0.5) is 0 Å². The lowest BCUT2D eigenvalue weighted by molar-refractivity contribution is 0.222. The summed E-state index contributed by atoms with van der Waals surface area (Å²) >= 11 is 0. The summed E-state index contributed by atoms with van der Waals surface area (Å²) in [6.45, 7) is 4.28. The van der Waals surface area contributed by atoms with Gasteiger partial charge in [0.05, 0.1) is 19.4 Å². The molecule has 0 heterocycles. The predicted molar refractivity (Wildman–Crippen MR) is 72.9 cm³/mol. The van der Waals surface area contributed by atoms with Crippen molar-refractivity contribution < 1.29 is 18.7 Å². The third-order valence-corrected chi connectivity index (χ3v) is 4.12. The Morgan fingerprint density at radius 1 is 1.28 bits per heavy atom. The molecule has 1 rings (SSSR count). The molecule has 0 saturated heterocycles. The molecule has 18 heavy (non-hydrogen) atoms. The van der Waals surface area contributed by atoms with Crippen molar-refractivity contribution in [3.8, 4) is 5.75 Å². The summed E-state index contributed by atoms with van der Waals surface area (Å²) < 4.78 is 22.5. The van der Waals surface area contributed by atoms with Crippen molar-refractivity contribution in [2.45, 2.75) is 13.8 Å². The molecule has 1 aromatic carbocycles. The maximum Gasteiger partial charge on any atom is 0.334 e. The summed E-state index contributed by atoms with van der Waals surface area (Å²) in [5, 5.41) is 9.30. The standard InChI is InChI=1S/C13H19O4P/c1-3-16-18(15,17-4-2)10-6-8-12-7-5-9-13(14)11-12/h5-9,11,14H,3-4,10H2,1-2H3/b8-6+. The third kappa shape index (κ3) is 5.05. The van der Waals surface area contributed by atoms with Crippen LogP contribution in [0.3, 0.4) is 0 Å². The molecule has 0 aliphatic rings. The highest BCUT2D eigenvalue weighted by atomic mass is 31.2. The first-order valence-electron chi connectivity index (χ1n) is 5.93. The Hall–Kier alpha value is -1.09. The first-order chi connectivity index (χ1) is 8.59. The van der Waals surface area contributed by atoms with Gasteiger partial charge in [0.1, 0.15) is 5.75 Å². The van der Waals surface area contributed by atoms with Gasteiger partial charge in [0.15, 0.2) is 0 Å². The normalized spacial score (nSPS) is 12.1. The molecule has 1 aromatic rings. The van der Waals surface area contributed by atoms with Crippen LogP contribution in [0.1, 0.15) is 19.4 Å². The molecule has 0 amide bonds. The number of benzene rings is 1. The van der Waals surface area contributed by atoms with Gasteiger partial charge in [0.25, 0.3) is 0 Å². The van der Waals surface area contributed by atoms with Crippen molar-refractivity contribution in [1.29, 1.82) is 0 Å². The molecule has 0 radical (unpaired) electrons. The number of phenols is 1. The van der Waals surface area contributed by atoms with Crippen LogP contribution in [0, 0.1) is 0 Å². The molecule has 0 spiro atoms. The van der Waals surface area contributed by atoms with Gasteiger partial charge >= 0.3 is 7.60 Å². The lowest BCUT2D eigenvalue weighted by atomic mass is 10.2. The Bertz CT molecular complexity index is 432. The van der Waals surface area contributed by atoms with E-state index in [4.69, 9.17) is 9.05 Å². The fourth-order valence-electron chi connectivity index (χ4n) is 1.48. The molecular weight excluding hydrogens is 251 g/mol. The van der Waals surface area contributed by atoms with Gasteiger partial charge in [0, 0.05) is 0 Å². The topological polar surface area (TPSA) is 55.8 Å². The maximum absolute atomic E-state index is 12.1. The average molecular weight is 270 g/mol. The van der Waals surface area contributed by atoms with Crippen molar-refractivity contribution in [3.05, 3.63) is 35.9 Å². The Kier molecular flexibility index (Phi) is 6.13. The highest BCUT2D eigenvalue weighted by Crippen LogP contribution is 2.47. The van der Waals surface area contributed by atoms with Gasteiger partial charge < -0.3 is 14.2 Å². The SMILES string of the molecule is CCOP(=O)(C/C=C/c1cccc(O)c1)OCC.